The Morgan fingerprint density at radius 3 is 2.60 bits per heavy atom. The lowest BCUT2D eigenvalue weighted by atomic mass is 10.1. The summed E-state index contributed by atoms with van der Waals surface area (Å²) in [5, 5.41) is 0. The third kappa shape index (κ3) is 3.81. The molecule has 0 saturated carbocycles. The summed E-state index contributed by atoms with van der Waals surface area (Å²) in [6.07, 6.45) is 0.662. The molecule has 2 aromatic rings. The van der Waals surface area contributed by atoms with Crippen molar-refractivity contribution in [3.05, 3.63) is 65.0 Å². The SMILES string of the molecule is Cc1ccccc1COc1ccc(CC(C)N)cc1F. The predicted octanol–water partition coefficient (Wildman–Crippen LogP) is 3.60. The third-order valence-corrected chi connectivity index (χ3v) is 3.20. The van der Waals surface area contributed by atoms with Crippen LogP contribution in [0.3, 0.4) is 0 Å². The number of aryl methyl sites for hydroxylation is 1. The minimum Gasteiger partial charge on any atom is -0.486 e. The zero-order chi connectivity index (χ0) is 14.5. The van der Waals surface area contributed by atoms with Gasteiger partial charge in [-0.3, -0.25) is 0 Å². The van der Waals surface area contributed by atoms with Gasteiger partial charge in [-0.25, -0.2) is 4.39 Å². The Morgan fingerprint density at radius 1 is 1.20 bits per heavy atom. The van der Waals surface area contributed by atoms with E-state index in [0.717, 1.165) is 16.7 Å². The standard InChI is InChI=1S/C17H20FNO/c1-12-5-3-4-6-15(12)11-20-17-8-7-14(9-13(2)19)10-16(17)18/h3-8,10,13H,9,11,19H2,1-2H3. The van der Waals surface area contributed by atoms with Crippen LogP contribution in [0.1, 0.15) is 23.6 Å². The van der Waals surface area contributed by atoms with Gasteiger partial charge in [-0.05, 0) is 49.1 Å². The van der Waals surface area contributed by atoms with Gasteiger partial charge in [0.15, 0.2) is 11.6 Å². The molecule has 0 fully saturated rings. The third-order valence-electron chi connectivity index (χ3n) is 3.20. The first-order valence-electron chi connectivity index (χ1n) is 6.77. The predicted molar refractivity (Wildman–Crippen MR) is 79.3 cm³/mol. The zero-order valence-electron chi connectivity index (χ0n) is 11.9. The molecule has 20 heavy (non-hydrogen) atoms. The molecular weight excluding hydrogens is 253 g/mol. The highest BCUT2D eigenvalue weighted by Crippen LogP contribution is 2.21. The molecule has 2 N–H and O–H groups in total. The molecule has 0 aliphatic heterocycles. The van der Waals surface area contributed by atoms with E-state index in [4.69, 9.17) is 10.5 Å². The van der Waals surface area contributed by atoms with Gasteiger partial charge in [0.25, 0.3) is 0 Å². The number of hydrogen-bond donors (Lipinski definition) is 1. The van der Waals surface area contributed by atoms with E-state index in [2.05, 4.69) is 0 Å². The van der Waals surface area contributed by atoms with Gasteiger partial charge in [0.05, 0.1) is 0 Å². The van der Waals surface area contributed by atoms with Crippen LogP contribution in [0.15, 0.2) is 42.5 Å². The molecule has 0 radical (unpaired) electrons. The lowest BCUT2D eigenvalue weighted by molar-refractivity contribution is 0.289. The molecule has 2 aromatic carbocycles. The van der Waals surface area contributed by atoms with Crippen LogP contribution in [0.5, 0.6) is 5.75 Å². The molecule has 0 amide bonds. The van der Waals surface area contributed by atoms with E-state index in [9.17, 15) is 4.39 Å². The number of hydrogen-bond acceptors (Lipinski definition) is 2. The van der Waals surface area contributed by atoms with E-state index in [1.165, 1.54) is 6.07 Å². The molecule has 2 rings (SSSR count). The van der Waals surface area contributed by atoms with Gasteiger partial charge in [-0.1, -0.05) is 30.3 Å². The summed E-state index contributed by atoms with van der Waals surface area (Å²) < 4.78 is 19.5. The molecular formula is C17H20FNO. The summed E-state index contributed by atoms with van der Waals surface area (Å²) in [6.45, 7) is 4.29. The van der Waals surface area contributed by atoms with E-state index in [1.54, 1.807) is 6.07 Å². The summed E-state index contributed by atoms with van der Waals surface area (Å²) in [4.78, 5) is 0. The van der Waals surface area contributed by atoms with Crippen LogP contribution in [0.25, 0.3) is 0 Å². The van der Waals surface area contributed by atoms with Crippen LogP contribution < -0.4 is 10.5 Å². The minimum absolute atomic E-state index is 0.0214. The van der Waals surface area contributed by atoms with Crippen LogP contribution in [-0.2, 0) is 13.0 Å². The fraction of sp³-hybridized carbons (Fsp3) is 0.294. The second-order valence-corrected chi connectivity index (χ2v) is 5.16. The van der Waals surface area contributed by atoms with Crippen molar-refractivity contribution < 1.29 is 9.13 Å². The number of rotatable bonds is 5. The van der Waals surface area contributed by atoms with Crippen molar-refractivity contribution in [2.45, 2.75) is 32.9 Å². The van der Waals surface area contributed by atoms with Gasteiger partial charge in [0.1, 0.15) is 6.61 Å². The van der Waals surface area contributed by atoms with E-state index >= 15 is 0 Å². The first kappa shape index (κ1) is 14.5. The van der Waals surface area contributed by atoms with Crippen molar-refractivity contribution in [1.82, 2.24) is 0 Å². The fourth-order valence-electron chi connectivity index (χ4n) is 2.09. The van der Waals surface area contributed by atoms with E-state index in [1.807, 2.05) is 44.2 Å². The molecule has 0 heterocycles. The van der Waals surface area contributed by atoms with Crippen molar-refractivity contribution in [2.75, 3.05) is 0 Å². The Morgan fingerprint density at radius 2 is 1.95 bits per heavy atom. The van der Waals surface area contributed by atoms with E-state index in [0.29, 0.717) is 13.0 Å². The molecule has 2 nitrogen and oxygen atoms in total. The van der Waals surface area contributed by atoms with E-state index < -0.39 is 0 Å². The average Bonchev–Trinajstić information content (AvgIpc) is 2.39. The van der Waals surface area contributed by atoms with Gasteiger partial charge in [0, 0.05) is 6.04 Å². The first-order chi connectivity index (χ1) is 9.56. The second-order valence-electron chi connectivity index (χ2n) is 5.16. The Labute approximate surface area is 119 Å². The lowest BCUT2D eigenvalue weighted by Crippen LogP contribution is -2.17. The number of halogens is 1. The number of benzene rings is 2. The monoisotopic (exact) mass is 273 g/mol. The van der Waals surface area contributed by atoms with Gasteiger partial charge >= 0.3 is 0 Å². The maximum absolute atomic E-state index is 13.9. The highest BCUT2D eigenvalue weighted by molar-refractivity contribution is 5.31. The minimum atomic E-state index is -0.336. The molecule has 0 bridgehead atoms. The fourth-order valence-corrected chi connectivity index (χ4v) is 2.09. The van der Waals surface area contributed by atoms with Gasteiger partial charge < -0.3 is 10.5 Å². The van der Waals surface area contributed by atoms with Crippen molar-refractivity contribution in [3.8, 4) is 5.75 Å². The van der Waals surface area contributed by atoms with Crippen LogP contribution in [0, 0.1) is 12.7 Å². The average molecular weight is 273 g/mol. The Balaban J connectivity index is 2.05. The molecule has 0 aromatic heterocycles. The summed E-state index contributed by atoms with van der Waals surface area (Å²) in [7, 11) is 0. The van der Waals surface area contributed by atoms with E-state index in [-0.39, 0.29) is 17.6 Å². The zero-order valence-corrected chi connectivity index (χ0v) is 11.9. The van der Waals surface area contributed by atoms with Crippen molar-refractivity contribution in [3.63, 3.8) is 0 Å². The normalized spacial score (nSPS) is 12.2. The molecule has 0 aliphatic carbocycles. The second kappa shape index (κ2) is 6.53. The van der Waals surface area contributed by atoms with Gasteiger partial charge in [-0.15, -0.1) is 0 Å². The highest BCUT2D eigenvalue weighted by Gasteiger charge is 2.07. The maximum atomic E-state index is 13.9. The van der Waals surface area contributed by atoms with Crippen molar-refractivity contribution in [2.24, 2.45) is 5.73 Å². The molecule has 0 spiro atoms. The summed E-state index contributed by atoms with van der Waals surface area (Å²) in [5.74, 6) is -0.0570. The Kier molecular flexibility index (Phi) is 4.74. The summed E-state index contributed by atoms with van der Waals surface area (Å²) >= 11 is 0. The topological polar surface area (TPSA) is 35.2 Å². The molecule has 0 aliphatic rings. The van der Waals surface area contributed by atoms with Crippen molar-refractivity contribution >= 4 is 0 Å². The van der Waals surface area contributed by atoms with Gasteiger partial charge in [0.2, 0.25) is 0 Å². The molecule has 106 valence electrons. The number of nitrogens with two attached hydrogens (primary N) is 1. The Bertz CT molecular complexity index is 581. The number of ether oxygens (including phenoxy) is 1. The molecule has 1 atom stereocenters. The van der Waals surface area contributed by atoms with Crippen LogP contribution in [0.2, 0.25) is 0 Å². The largest absolute Gasteiger partial charge is 0.486 e. The smallest absolute Gasteiger partial charge is 0.165 e. The van der Waals surface area contributed by atoms with Crippen LogP contribution >= 0.6 is 0 Å². The highest BCUT2D eigenvalue weighted by atomic mass is 19.1. The first-order valence-corrected chi connectivity index (χ1v) is 6.77. The molecule has 3 heteroatoms. The molecule has 1 unspecified atom stereocenters. The Hall–Kier alpha value is -1.87. The van der Waals surface area contributed by atoms with Crippen molar-refractivity contribution in [1.29, 1.82) is 0 Å². The summed E-state index contributed by atoms with van der Waals surface area (Å²) in [5.41, 5.74) is 8.80. The molecule has 0 saturated heterocycles. The lowest BCUT2D eigenvalue weighted by Gasteiger charge is -2.11. The maximum Gasteiger partial charge on any atom is 0.165 e. The summed E-state index contributed by atoms with van der Waals surface area (Å²) in [6, 6.07) is 13.0. The van der Waals surface area contributed by atoms with Crippen LogP contribution in [0.4, 0.5) is 4.39 Å². The quantitative estimate of drug-likeness (QED) is 0.903. The van der Waals surface area contributed by atoms with Gasteiger partial charge in [-0.2, -0.15) is 0 Å². The van der Waals surface area contributed by atoms with Crippen LogP contribution in [-0.4, -0.2) is 6.04 Å².